The van der Waals surface area contributed by atoms with Crippen LogP contribution in [0.3, 0.4) is 0 Å². The monoisotopic (exact) mass is 359 g/mol. The molecule has 16 heavy (non-hydrogen) atoms. The van der Waals surface area contributed by atoms with Crippen molar-refractivity contribution in [2.45, 2.75) is 6.18 Å². The lowest BCUT2D eigenvalue weighted by Crippen LogP contribution is -2.13. The fourth-order valence-electron chi connectivity index (χ4n) is 1.01. The van der Waals surface area contributed by atoms with E-state index < -0.39 is 17.6 Å². The van der Waals surface area contributed by atoms with E-state index in [0.717, 1.165) is 6.07 Å². The van der Waals surface area contributed by atoms with Crippen LogP contribution in [0.5, 0.6) is 0 Å². The second-order valence-electron chi connectivity index (χ2n) is 2.87. The van der Waals surface area contributed by atoms with Crippen LogP contribution in [0.15, 0.2) is 22.7 Å². The van der Waals surface area contributed by atoms with Crippen molar-refractivity contribution in [2.24, 2.45) is 0 Å². The lowest BCUT2D eigenvalue weighted by molar-refractivity contribution is -0.138. The van der Waals surface area contributed by atoms with Gasteiger partial charge in [0.05, 0.1) is 10.9 Å². The van der Waals surface area contributed by atoms with Crippen LogP contribution in [0.4, 0.5) is 18.9 Å². The van der Waals surface area contributed by atoms with Gasteiger partial charge < -0.3 is 5.32 Å². The maximum Gasteiger partial charge on any atom is 0.417 e. The second kappa shape index (κ2) is 5.18. The molecule has 0 aliphatic heterocycles. The maximum absolute atomic E-state index is 12.5. The highest BCUT2D eigenvalue weighted by Crippen LogP contribution is 2.36. The van der Waals surface area contributed by atoms with Gasteiger partial charge in [-0.25, -0.2) is 0 Å². The summed E-state index contributed by atoms with van der Waals surface area (Å²) in [5.41, 5.74) is -0.708. The first-order valence-corrected chi connectivity index (χ1v) is 5.98. The lowest BCUT2D eigenvalue weighted by atomic mass is 10.2. The summed E-state index contributed by atoms with van der Waals surface area (Å²) in [4.78, 5) is 11.0. The van der Waals surface area contributed by atoms with Gasteiger partial charge in [-0.1, -0.05) is 31.9 Å². The number of hydrogen-bond acceptors (Lipinski definition) is 1. The van der Waals surface area contributed by atoms with Gasteiger partial charge >= 0.3 is 6.18 Å². The predicted molar refractivity (Wildman–Crippen MR) is 61.6 cm³/mol. The van der Waals surface area contributed by atoms with Gasteiger partial charge in [0.25, 0.3) is 0 Å². The molecule has 0 unspecified atom stereocenters. The summed E-state index contributed by atoms with van der Waals surface area (Å²) in [7, 11) is 0. The summed E-state index contributed by atoms with van der Waals surface area (Å²) in [5.74, 6) is -0.407. The molecule has 0 radical (unpaired) electrons. The van der Waals surface area contributed by atoms with Crippen LogP contribution in [-0.2, 0) is 11.0 Å². The first-order chi connectivity index (χ1) is 7.34. The van der Waals surface area contributed by atoms with E-state index in [0.29, 0.717) is 0 Å². The van der Waals surface area contributed by atoms with Crippen LogP contribution in [-0.4, -0.2) is 11.2 Å². The Hall–Kier alpha value is -0.560. The number of hydrogen-bond donors (Lipinski definition) is 1. The molecular weight excluding hydrogens is 355 g/mol. The van der Waals surface area contributed by atoms with Crippen molar-refractivity contribution in [1.29, 1.82) is 0 Å². The predicted octanol–water partition coefficient (Wildman–Crippen LogP) is 3.80. The van der Waals surface area contributed by atoms with E-state index in [9.17, 15) is 18.0 Å². The lowest BCUT2D eigenvalue weighted by Gasteiger charge is -2.11. The second-order valence-corrected chi connectivity index (χ2v) is 4.29. The zero-order valence-corrected chi connectivity index (χ0v) is 10.9. The molecular formula is C9H6Br2F3NO. The van der Waals surface area contributed by atoms with Crippen molar-refractivity contribution in [3.63, 3.8) is 0 Å². The number of benzene rings is 1. The molecule has 1 rings (SSSR count). The largest absolute Gasteiger partial charge is 0.417 e. The van der Waals surface area contributed by atoms with Gasteiger partial charge in [-0.2, -0.15) is 13.2 Å². The molecule has 1 aromatic rings. The van der Waals surface area contributed by atoms with E-state index in [2.05, 4.69) is 37.2 Å². The fraction of sp³-hybridized carbons (Fsp3) is 0.222. The van der Waals surface area contributed by atoms with Crippen molar-refractivity contribution in [1.82, 2.24) is 0 Å². The van der Waals surface area contributed by atoms with Crippen molar-refractivity contribution in [2.75, 3.05) is 10.6 Å². The minimum atomic E-state index is -4.45. The highest BCUT2D eigenvalue weighted by Gasteiger charge is 2.33. The molecule has 0 saturated carbocycles. The molecule has 0 aromatic heterocycles. The van der Waals surface area contributed by atoms with Gasteiger partial charge in [0.2, 0.25) is 5.91 Å². The van der Waals surface area contributed by atoms with Crippen LogP contribution < -0.4 is 5.32 Å². The SMILES string of the molecule is O=C(CBr)Nc1ccc(Br)c(C(F)(F)F)c1. The molecule has 1 amide bonds. The molecule has 0 aliphatic rings. The van der Waals surface area contributed by atoms with Crippen LogP contribution in [0, 0.1) is 0 Å². The minimum absolute atomic E-state index is 0.0322. The number of amides is 1. The average molecular weight is 361 g/mol. The normalized spacial score (nSPS) is 11.3. The molecule has 0 saturated heterocycles. The van der Waals surface area contributed by atoms with Crippen LogP contribution in [0.25, 0.3) is 0 Å². The Kier molecular flexibility index (Phi) is 4.37. The van der Waals surface area contributed by atoms with Crippen molar-refractivity contribution in [3.05, 3.63) is 28.2 Å². The smallest absolute Gasteiger partial charge is 0.325 e. The van der Waals surface area contributed by atoms with Crippen molar-refractivity contribution < 1.29 is 18.0 Å². The molecule has 88 valence electrons. The Morgan fingerprint density at radius 1 is 1.38 bits per heavy atom. The zero-order chi connectivity index (χ0) is 12.3. The fourth-order valence-corrected chi connectivity index (χ4v) is 1.63. The Balaban J connectivity index is 3.03. The Bertz CT molecular complexity index is 406. The average Bonchev–Trinajstić information content (AvgIpc) is 2.19. The van der Waals surface area contributed by atoms with Crippen LogP contribution >= 0.6 is 31.9 Å². The van der Waals surface area contributed by atoms with Crippen LogP contribution in [0.2, 0.25) is 0 Å². The quantitative estimate of drug-likeness (QED) is 0.798. The highest BCUT2D eigenvalue weighted by atomic mass is 79.9. The molecule has 1 N–H and O–H groups in total. The van der Waals surface area contributed by atoms with E-state index in [-0.39, 0.29) is 15.5 Å². The molecule has 0 bridgehead atoms. The third-order valence-electron chi connectivity index (χ3n) is 1.68. The molecule has 0 fully saturated rings. The molecule has 0 atom stereocenters. The summed E-state index contributed by atoms with van der Waals surface area (Å²) in [6, 6.07) is 3.51. The molecule has 1 aromatic carbocycles. The number of nitrogens with one attached hydrogen (secondary N) is 1. The first-order valence-electron chi connectivity index (χ1n) is 4.07. The third-order valence-corrected chi connectivity index (χ3v) is 2.88. The summed E-state index contributed by atoms with van der Waals surface area (Å²) >= 11 is 5.71. The Morgan fingerprint density at radius 3 is 2.50 bits per heavy atom. The summed E-state index contributed by atoms with van der Waals surface area (Å²) in [6.07, 6.45) is -4.45. The first kappa shape index (κ1) is 13.5. The number of rotatable bonds is 2. The van der Waals surface area contributed by atoms with E-state index >= 15 is 0 Å². The highest BCUT2D eigenvalue weighted by molar-refractivity contribution is 9.10. The number of alkyl halides is 4. The van der Waals surface area contributed by atoms with Gasteiger partial charge in [-0.05, 0) is 18.2 Å². The maximum atomic E-state index is 12.5. The molecule has 0 aliphatic carbocycles. The van der Waals surface area contributed by atoms with Gasteiger partial charge in [0.1, 0.15) is 0 Å². The molecule has 7 heteroatoms. The van der Waals surface area contributed by atoms with E-state index in [1.54, 1.807) is 0 Å². The van der Waals surface area contributed by atoms with Crippen molar-refractivity contribution in [3.8, 4) is 0 Å². The van der Waals surface area contributed by atoms with Crippen molar-refractivity contribution >= 4 is 43.5 Å². The summed E-state index contributed by atoms with van der Waals surface area (Å²) in [6.45, 7) is 0. The van der Waals surface area contributed by atoms with E-state index in [1.165, 1.54) is 12.1 Å². The summed E-state index contributed by atoms with van der Waals surface area (Å²) < 4.78 is 37.4. The number of halogens is 5. The van der Waals surface area contributed by atoms with E-state index in [4.69, 9.17) is 0 Å². The Labute approximate surface area is 106 Å². The Morgan fingerprint density at radius 2 is 2.00 bits per heavy atom. The molecule has 2 nitrogen and oxygen atoms in total. The number of anilines is 1. The number of carbonyl (C=O) groups excluding carboxylic acids is 1. The van der Waals surface area contributed by atoms with E-state index in [1.807, 2.05) is 0 Å². The van der Waals surface area contributed by atoms with Gasteiger partial charge in [-0.15, -0.1) is 0 Å². The molecule has 0 heterocycles. The standard InChI is InChI=1S/C9H6Br2F3NO/c10-4-8(16)15-5-1-2-7(11)6(3-5)9(12,13)14/h1-3H,4H2,(H,15,16). The van der Waals surface area contributed by atoms with Gasteiger partial charge in [-0.3, -0.25) is 4.79 Å². The van der Waals surface area contributed by atoms with Crippen LogP contribution in [0.1, 0.15) is 5.56 Å². The van der Waals surface area contributed by atoms with Gasteiger partial charge in [0.15, 0.2) is 0 Å². The van der Waals surface area contributed by atoms with Gasteiger partial charge in [0, 0.05) is 10.2 Å². The molecule has 0 spiro atoms. The zero-order valence-electron chi connectivity index (χ0n) is 7.74. The number of carbonyl (C=O) groups is 1. The topological polar surface area (TPSA) is 29.1 Å². The minimum Gasteiger partial charge on any atom is -0.325 e. The summed E-state index contributed by atoms with van der Waals surface area (Å²) in [5, 5.41) is 2.36. The third kappa shape index (κ3) is 3.48.